The van der Waals surface area contributed by atoms with Crippen LogP contribution in [-0.4, -0.2) is 36.8 Å². The molecule has 1 aromatic rings. The fourth-order valence-electron chi connectivity index (χ4n) is 1.28. The molecule has 1 rings (SSSR count). The van der Waals surface area contributed by atoms with E-state index in [1.165, 1.54) is 0 Å². The minimum Gasteiger partial charge on any atom is -0.497 e. The van der Waals surface area contributed by atoms with E-state index < -0.39 is 5.54 Å². The molecule has 3 N–H and O–H groups in total. The maximum atomic E-state index is 11.7. The molecule has 0 spiro atoms. The summed E-state index contributed by atoms with van der Waals surface area (Å²) in [6, 6.07) is 7.15. The van der Waals surface area contributed by atoms with Crippen LogP contribution in [0, 0.1) is 0 Å². The minimum atomic E-state index is -0.467. The number of methoxy groups -OCH3 is 1. The Kier molecular flexibility index (Phi) is 5.12. The van der Waals surface area contributed by atoms with Crippen molar-refractivity contribution in [3.63, 3.8) is 0 Å². The normalized spacial score (nSPS) is 11.1. The molecule has 1 aromatic carbocycles. The Balaban J connectivity index is 2.49. The molecule has 0 aliphatic rings. The summed E-state index contributed by atoms with van der Waals surface area (Å²) in [5.41, 5.74) is 0.217. The van der Waals surface area contributed by atoms with Crippen LogP contribution in [0.2, 0.25) is 0 Å². The number of amides is 1. The highest BCUT2D eigenvalue weighted by atomic mass is 16.5. The lowest BCUT2D eigenvalue weighted by Crippen LogP contribution is -2.46. The van der Waals surface area contributed by atoms with Crippen molar-refractivity contribution < 1.29 is 14.6 Å². The van der Waals surface area contributed by atoms with Crippen LogP contribution in [-0.2, 0) is 4.79 Å². The number of aliphatic hydroxyl groups excluding tert-OH is 1. The number of hydrogen-bond acceptors (Lipinski definition) is 4. The van der Waals surface area contributed by atoms with Gasteiger partial charge in [-0.25, -0.2) is 0 Å². The number of ether oxygens (including phenoxy) is 1. The first kappa shape index (κ1) is 14.5. The smallest absolute Gasteiger partial charge is 0.238 e. The first-order chi connectivity index (χ1) is 8.46. The van der Waals surface area contributed by atoms with E-state index in [0.29, 0.717) is 11.4 Å². The molecule has 0 unspecified atom stereocenters. The average Bonchev–Trinajstić information content (AvgIpc) is 2.37. The maximum absolute atomic E-state index is 11.7. The van der Waals surface area contributed by atoms with Gasteiger partial charge in [-0.2, -0.15) is 0 Å². The Hall–Kier alpha value is -1.59. The van der Waals surface area contributed by atoms with E-state index in [1.54, 1.807) is 25.3 Å². The summed E-state index contributed by atoms with van der Waals surface area (Å²) in [6.07, 6.45) is 0. The number of benzene rings is 1. The van der Waals surface area contributed by atoms with Crippen LogP contribution in [0.1, 0.15) is 13.8 Å². The van der Waals surface area contributed by atoms with Crippen LogP contribution < -0.4 is 15.4 Å². The number of nitrogens with one attached hydrogen (secondary N) is 2. The van der Waals surface area contributed by atoms with Crippen LogP contribution in [0.15, 0.2) is 24.3 Å². The predicted octanol–water partition coefficient (Wildman–Crippen LogP) is 0.994. The molecule has 5 nitrogen and oxygen atoms in total. The minimum absolute atomic E-state index is 0.0283. The number of aliphatic hydroxyl groups is 1. The summed E-state index contributed by atoms with van der Waals surface area (Å²) in [6.45, 7) is 3.77. The second-order valence-corrected chi connectivity index (χ2v) is 4.68. The number of anilines is 1. The van der Waals surface area contributed by atoms with E-state index in [-0.39, 0.29) is 19.1 Å². The Morgan fingerprint density at radius 3 is 2.78 bits per heavy atom. The Morgan fingerprint density at radius 1 is 1.44 bits per heavy atom. The fourth-order valence-corrected chi connectivity index (χ4v) is 1.28. The number of carbonyl (C=O) groups is 1. The lowest BCUT2D eigenvalue weighted by Gasteiger charge is -2.23. The quantitative estimate of drug-likeness (QED) is 0.706. The van der Waals surface area contributed by atoms with Crippen molar-refractivity contribution in [2.75, 3.05) is 25.6 Å². The molecule has 0 aliphatic heterocycles. The molecule has 5 heteroatoms. The predicted molar refractivity (Wildman–Crippen MR) is 70.8 cm³/mol. The molecule has 0 radical (unpaired) electrons. The van der Waals surface area contributed by atoms with Gasteiger partial charge >= 0.3 is 0 Å². The van der Waals surface area contributed by atoms with Gasteiger partial charge in [0.1, 0.15) is 5.75 Å². The highest BCUT2D eigenvalue weighted by Gasteiger charge is 2.16. The lowest BCUT2D eigenvalue weighted by molar-refractivity contribution is -0.115. The van der Waals surface area contributed by atoms with Crippen LogP contribution in [0.5, 0.6) is 5.75 Å². The number of carbonyl (C=O) groups excluding carboxylic acids is 1. The summed E-state index contributed by atoms with van der Waals surface area (Å²) in [4.78, 5) is 11.7. The number of hydrogen-bond donors (Lipinski definition) is 3. The highest BCUT2D eigenvalue weighted by Crippen LogP contribution is 2.16. The molecule has 0 saturated heterocycles. The number of rotatable bonds is 6. The van der Waals surface area contributed by atoms with Gasteiger partial charge in [-0.15, -0.1) is 0 Å². The third kappa shape index (κ3) is 4.73. The molecule has 100 valence electrons. The van der Waals surface area contributed by atoms with E-state index in [1.807, 2.05) is 19.9 Å². The summed E-state index contributed by atoms with van der Waals surface area (Å²) in [5, 5.41) is 14.8. The molecule has 0 bridgehead atoms. The zero-order valence-corrected chi connectivity index (χ0v) is 11.0. The van der Waals surface area contributed by atoms with Crippen molar-refractivity contribution in [3.8, 4) is 5.75 Å². The van der Waals surface area contributed by atoms with E-state index in [4.69, 9.17) is 9.84 Å². The van der Waals surface area contributed by atoms with Gasteiger partial charge in [0.15, 0.2) is 0 Å². The molecule has 0 atom stereocenters. The van der Waals surface area contributed by atoms with Crippen LogP contribution >= 0.6 is 0 Å². The molecular formula is C13H20N2O3. The van der Waals surface area contributed by atoms with Crippen molar-refractivity contribution in [2.24, 2.45) is 0 Å². The van der Waals surface area contributed by atoms with E-state index >= 15 is 0 Å². The molecule has 0 aromatic heterocycles. The summed E-state index contributed by atoms with van der Waals surface area (Å²) >= 11 is 0. The Morgan fingerprint density at radius 2 is 2.17 bits per heavy atom. The van der Waals surface area contributed by atoms with Gasteiger partial charge in [-0.1, -0.05) is 6.07 Å². The van der Waals surface area contributed by atoms with Crippen molar-refractivity contribution >= 4 is 11.6 Å². The highest BCUT2D eigenvalue weighted by molar-refractivity contribution is 5.92. The van der Waals surface area contributed by atoms with Gasteiger partial charge in [0, 0.05) is 17.3 Å². The molecule has 0 saturated carbocycles. The third-order valence-electron chi connectivity index (χ3n) is 2.48. The zero-order chi connectivity index (χ0) is 13.6. The van der Waals surface area contributed by atoms with Gasteiger partial charge < -0.3 is 20.5 Å². The Bertz CT molecular complexity index is 405. The van der Waals surface area contributed by atoms with Gasteiger partial charge in [0.2, 0.25) is 5.91 Å². The molecule has 0 fully saturated rings. The van der Waals surface area contributed by atoms with Crippen molar-refractivity contribution in [1.82, 2.24) is 5.32 Å². The first-order valence-electron chi connectivity index (χ1n) is 5.76. The molecule has 18 heavy (non-hydrogen) atoms. The SMILES string of the molecule is COc1cccc(NC(=O)CNC(C)(C)CO)c1. The van der Waals surface area contributed by atoms with Crippen molar-refractivity contribution in [2.45, 2.75) is 19.4 Å². The lowest BCUT2D eigenvalue weighted by atomic mass is 10.1. The van der Waals surface area contributed by atoms with E-state index in [0.717, 1.165) is 0 Å². The van der Waals surface area contributed by atoms with Crippen molar-refractivity contribution in [3.05, 3.63) is 24.3 Å². The summed E-state index contributed by atoms with van der Waals surface area (Å²) in [5.74, 6) is 0.529. The molecule has 0 aliphatic carbocycles. The fraction of sp³-hybridized carbons (Fsp3) is 0.462. The monoisotopic (exact) mass is 252 g/mol. The van der Waals surface area contributed by atoms with Gasteiger partial charge in [0.25, 0.3) is 0 Å². The topological polar surface area (TPSA) is 70.6 Å². The molecular weight excluding hydrogens is 232 g/mol. The standard InChI is InChI=1S/C13H20N2O3/c1-13(2,9-16)14-8-12(17)15-10-5-4-6-11(7-10)18-3/h4-7,14,16H,8-9H2,1-3H3,(H,15,17). The first-order valence-corrected chi connectivity index (χ1v) is 5.76. The zero-order valence-electron chi connectivity index (χ0n) is 11.0. The van der Waals surface area contributed by atoms with Crippen molar-refractivity contribution in [1.29, 1.82) is 0 Å². The maximum Gasteiger partial charge on any atom is 0.238 e. The molecule has 1 amide bonds. The molecule has 0 heterocycles. The summed E-state index contributed by atoms with van der Waals surface area (Å²) < 4.78 is 5.07. The van der Waals surface area contributed by atoms with Crippen LogP contribution in [0.4, 0.5) is 5.69 Å². The van der Waals surface area contributed by atoms with E-state index in [2.05, 4.69) is 10.6 Å². The largest absolute Gasteiger partial charge is 0.497 e. The van der Waals surface area contributed by atoms with Gasteiger partial charge in [-0.05, 0) is 26.0 Å². The second kappa shape index (κ2) is 6.37. The summed E-state index contributed by atoms with van der Waals surface area (Å²) in [7, 11) is 1.58. The van der Waals surface area contributed by atoms with E-state index in [9.17, 15) is 4.79 Å². The third-order valence-corrected chi connectivity index (χ3v) is 2.48. The average molecular weight is 252 g/mol. The van der Waals surface area contributed by atoms with Crippen LogP contribution in [0.25, 0.3) is 0 Å². The van der Waals surface area contributed by atoms with Gasteiger partial charge in [-0.3, -0.25) is 4.79 Å². The van der Waals surface area contributed by atoms with Gasteiger partial charge in [0.05, 0.1) is 20.3 Å². The van der Waals surface area contributed by atoms with Crippen LogP contribution in [0.3, 0.4) is 0 Å². The Labute approximate surface area is 107 Å². The second-order valence-electron chi connectivity index (χ2n) is 4.68.